The number of aliphatic carboxylic acids is 1. The number of hydrogen-bond donors (Lipinski definition) is 3. The summed E-state index contributed by atoms with van der Waals surface area (Å²) in [6.07, 6.45) is 1.34. The molecule has 38 heavy (non-hydrogen) atoms. The Labute approximate surface area is 270 Å². The van der Waals surface area contributed by atoms with Crippen LogP contribution in [0.25, 0.3) is 0 Å². The van der Waals surface area contributed by atoms with Crippen molar-refractivity contribution in [1.82, 2.24) is 30.4 Å². The van der Waals surface area contributed by atoms with E-state index in [2.05, 4.69) is 30.8 Å². The maximum atomic E-state index is 12.9. The topological polar surface area (TPSA) is 219 Å². The van der Waals surface area contributed by atoms with Crippen molar-refractivity contribution in [3.63, 3.8) is 0 Å². The summed E-state index contributed by atoms with van der Waals surface area (Å²) in [7, 11) is -3.16. The quantitative estimate of drug-likeness (QED) is 0.0571. The van der Waals surface area contributed by atoms with Crippen LogP contribution in [0.5, 0.6) is 0 Å². The molecule has 0 radical (unpaired) electrons. The van der Waals surface area contributed by atoms with Gasteiger partial charge in [0.25, 0.3) is 21.9 Å². The predicted octanol–water partition coefficient (Wildman–Crippen LogP) is -6.77. The van der Waals surface area contributed by atoms with E-state index in [4.69, 9.17) is 8.97 Å². The molecule has 3 N–H and O–H groups in total. The minimum Gasteiger partial charge on any atom is -1.00 e. The van der Waals surface area contributed by atoms with Crippen molar-refractivity contribution in [2.75, 3.05) is 18.6 Å². The molecule has 2 amide bonds. The number of tetrazole rings is 1. The molecule has 16 nitrogen and oxygen atoms in total. The number of amides is 2. The van der Waals surface area contributed by atoms with Crippen LogP contribution in [0.15, 0.2) is 44.4 Å². The molecule has 4 heterocycles. The number of fused-ring (bicyclic) bond motifs is 1. The zero-order valence-electron chi connectivity index (χ0n) is 22.2. The number of nitrogens with one attached hydrogen (secondary N) is 1. The molecule has 2 aromatic rings. The summed E-state index contributed by atoms with van der Waals surface area (Å²) in [6.45, 7) is 0. The fourth-order valence-electron chi connectivity index (χ4n) is 3.39. The van der Waals surface area contributed by atoms with Gasteiger partial charge in [-0.1, -0.05) is 16.9 Å². The Balaban J connectivity index is 0.00000380. The number of carboxylic acid groups (broad SMARTS) is 1. The van der Waals surface area contributed by atoms with Crippen LogP contribution >= 0.6 is 23.5 Å². The SMILES string of the molecule is CO/N=C(/C(=O)NC1C(=O)N2C(C(=O)O)=C(CSc3nnnn3CS(=O)(=O)O)CS[C@H]12)c1ccco1.[H-].[H-].[Na+].[Na+]. The molecule has 0 spiro atoms. The number of aromatic nitrogens is 4. The Morgan fingerprint density at radius 1 is 1.42 bits per heavy atom. The summed E-state index contributed by atoms with van der Waals surface area (Å²) >= 11 is 2.18. The van der Waals surface area contributed by atoms with Gasteiger partial charge in [-0.2, -0.15) is 8.42 Å². The van der Waals surface area contributed by atoms with E-state index in [1.165, 1.54) is 31.2 Å². The minimum atomic E-state index is -4.40. The molecule has 2 aliphatic heterocycles. The van der Waals surface area contributed by atoms with Crippen LogP contribution in [0.4, 0.5) is 0 Å². The van der Waals surface area contributed by atoms with Crippen molar-refractivity contribution < 1.29 is 104 Å². The third kappa shape index (κ3) is 7.20. The third-order valence-corrected chi connectivity index (χ3v) is 7.80. The first-order chi connectivity index (χ1) is 17.1. The molecule has 196 valence electrons. The van der Waals surface area contributed by atoms with Crippen LogP contribution in [0.2, 0.25) is 0 Å². The van der Waals surface area contributed by atoms with Gasteiger partial charge in [0.1, 0.15) is 24.2 Å². The van der Waals surface area contributed by atoms with Gasteiger partial charge in [0.2, 0.25) is 10.9 Å². The Hall–Kier alpha value is -1.42. The molecule has 2 aromatic heterocycles. The molecule has 0 saturated carbocycles. The molecule has 1 unspecified atom stereocenters. The fraction of sp³-hybridized carbons (Fsp3) is 0.353. The van der Waals surface area contributed by atoms with E-state index in [9.17, 15) is 27.9 Å². The molecule has 4 rings (SSSR count). The van der Waals surface area contributed by atoms with E-state index in [0.29, 0.717) is 5.57 Å². The maximum absolute atomic E-state index is 12.9. The number of thioether (sulfide) groups is 2. The number of hydrogen-bond acceptors (Lipinski definition) is 13. The molecule has 0 aromatic carbocycles. The van der Waals surface area contributed by atoms with Crippen molar-refractivity contribution in [2.45, 2.75) is 22.4 Å². The standard InChI is InChI=1S/C17H17N7O9S3.2Na.2H/c1-32-20-10(9-3-2-4-33-9)13(25)18-11-14(26)24-12(16(27)28)8(5-34-15(11)24)6-35-17-19-21-22-23(17)7-36(29,30)31;;;;/h2-4,11,15H,5-7H2,1H3,(H,18,25)(H,27,28)(H,29,30,31);;;;/q;2*+1;2*-1/b20-10+;;;;/t11?,15-;;;;/m1..../s1. The van der Waals surface area contributed by atoms with E-state index < -0.39 is 45.2 Å². The first-order valence-corrected chi connectivity index (χ1v) is 13.4. The van der Waals surface area contributed by atoms with Crippen molar-refractivity contribution >= 4 is 57.1 Å². The van der Waals surface area contributed by atoms with Gasteiger partial charge in [-0.3, -0.25) is 19.0 Å². The number of nitrogens with zero attached hydrogens (tertiary/aromatic N) is 6. The van der Waals surface area contributed by atoms with Crippen molar-refractivity contribution in [2.24, 2.45) is 5.16 Å². The Morgan fingerprint density at radius 3 is 2.76 bits per heavy atom. The Kier molecular flexibility index (Phi) is 11.9. The Bertz CT molecular complexity index is 1380. The van der Waals surface area contributed by atoms with Crippen LogP contribution in [0.1, 0.15) is 8.61 Å². The van der Waals surface area contributed by atoms with Crippen LogP contribution in [0, 0.1) is 0 Å². The second-order valence-electron chi connectivity index (χ2n) is 7.18. The molecule has 21 heteroatoms. The zero-order chi connectivity index (χ0) is 26.0. The van der Waals surface area contributed by atoms with E-state index in [1.54, 1.807) is 6.07 Å². The van der Waals surface area contributed by atoms with Crippen molar-refractivity contribution in [3.05, 3.63) is 35.4 Å². The van der Waals surface area contributed by atoms with Gasteiger partial charge in [0, 0.05) is 11.5 Å². The summed E-state index contributed by atoms with van der Waals surface area (Å²) in [4.78, 5) is 43.4. The predicted molar refractivity (Wildman–Crippen MR) is 124 cm³/mol. The van der Waals surface area contributed by atoms with Gasteiger partial charge in [0.15, 0.2) is 11.6 Å². The minimum absolute atomic E-state index is 0. The van der Waals surface area contributed by atoms with Crippen LogP contribution in [0.3, 0.4) is 0 Å². The van der Waals surface area contributed by atoms with E-state index in [1.807, 2.05) is 0 Å². The Morgan fingerprint density at radius 2 is 2.16 bits per heavy atom. The number of oxime groups is 1. The molecule has 2 aliphatic rings. The first-order valence-electron chi connectivity index (χ1n) is 9.80. The number of carbonyl (C=O) groups is 3. The molecule has 0 aliphatic carbocycles. The number of carbonyl (C=O) groups excluding carboxylic acids is 2. The summed E-state index contributed by atoms with van der Waals surface area (Å²) in [6, 6.07) is 2.03. The van der Waals surface area contributed by atoms with Crippen molar-refractivity contribution in [1.29, 1.82) is 0 Å². The molecular formula is C17H19N7Na2O9S3. The second kappa shape index (κ2) is 13.8. The molecular weight excluding hydrogens is 588 g/mol. The number of rotatable bonds is 10. The van der Waals surface area contributed by atoms with Gasteiger partial charge in [-0.05, 0) is 28.1 Å². The maximum Gasteiger partial charge on any atom is 1.00 e. The van der Waals surface area contributed by atoms with Gasteiger partial charge in [-0.25, -0.2) is 9.48 Å². The van der Waals surface area contributed by atoms with Crippen LogP contribution in [-0.2, 0) is 35.2 Å². The van der Waals surface area contributed by atoms with Crippen molar-refractivity contribution in [3.8, 4) is 0 Å². The monoisotopic (exact) mass is 607 g/mol. The summed E-state index contributed by atoms with van der Waals surface area (Å²) in [5.74, 6) is -3.24. The van der Waals surface area contributed by atoms with Gasteiger partial charge < -0.3 is 22.5 Å². The molecule has 1 saturated heterocycles. The average molecular weight is 608 g/mol. The normalized spacial score (nSPS) is 19.1. The van der Waals surface area contributed by atoms with Gasteiger partial charge >= 0.3 is 65.1 Å². The number of β-lactam (4-membered cyclic amide) rings is 1. The molecule has 2 atom stereocenters. The molecule has 1 fully saturated rings. The van der Waals surface area contributed by atoms with Gasteiger partial charge in [-0.15, -0.1) is 16.9 Å². The van der Waals surface area contributed by atoms with Crippen LogP contribution < -0.4 is 64.4 Å². The summed E-state index contributed by atoms with van der Waals surface area (Å²) in [5.41, 5.74) is -0.0684. The molecule has 0 bridgehead atoms. The number of furan rings is 1. The number of carboxylic acids is 1. The fourth-order valence-corrected chi connectivity index (χ4v) is 6.32. The van der Waals surface area contributed by atoms with E-state index in [0.717, 1.165) is 21.3 Å². The third-order valence-electron chi connectivity index (χ3n) is 4.85. The van der Waals surface area contributed by atoms with Crippen LogP contribution in [-0.4, -0.2) is 96.7 Å². The van der Waals surface area contributed by atoms with Gasteiger partial charge in [0.05, 0.1) is 6.26 Å². The smallest absolute Gasteiger partial charge is 1.00 e. The van der Waals surface area contributed by atoms with E-state index in [-0.39, 0.29) is 95.8 Å². The average Bonchev–Trinajstić information content (AvgIpc) is 3.50. The largest absolute Gasteiger partial charge is 1.00 e. The second-order valence-corrected chi connectivity index (χ2v) is 10.6. The summed E-state index contributed by atoms with van der Waals surface area (Å²) in [5, 5.41) is 25.8. The first kappa shape index (κ1) is 32.8. The summed E-state index contributed by atoms with van der Waals surface area (Å²) < 4.78 is 37.3. The van der Waals surface area contributed by atoms with E-state index >= 15 is 0 Å². The zero-order valence-corrected chi connectivity index (χ0v) is 26.6.